The Kier molecular flexibility index (Phi) is 2.15. The second kappa shape index (κ2) is 3.81. The second-order valence-electron chi connectivity index (χ2n) is 5.01. The minimum atomic E-state index is -0.711. The minimum Gasteiger partial charge on any atom is -0.395 e. The van der Waals surface area contributed by atoms with Crippen LogP contribution in [0.1, 0.15) is 23.7 Å². The van der Waals surface area contributed by atoms with Gasteiger partial charge < -0.3 is 10.0 Å². The summed E-state index contributed by atoms with van der Waals surface area (Å²) in [6.45, 7) is 0. The first kappa shape index (κ1) is 11.9. The lowest BCUT2D eigenvalue weighted by Crippen LogP contribution is -2.46. The first-order valence-corrected chi connectivity index (χ1v) is 6.21. The zero-order valence-electron chi connectivity index (χ0n) is 10.4. The average molecular weight is 292 g/mol. The van der Waals surface area contributed by atoms with Gasteiger partial charge >= 0.3 is 11.4 Å². The molecule has 2 aliphatic carbocycles. The number of hydrogen-bond donors (Lipinski definition) is 0. The first-order chi connectivity index (χ1) is 10.1. The monoisotopic (exact) mass is 292 g/mol. The number of allylic oxidation sites excluding steroid dienone is 2. The van der Waals surface area contributed by atoms with Crippen molar-refractivity contribution in [2.75, 3.05) is 0 Å². The molecule has 0 bridgehead atoms. The van der Waals surface area contributed by atoms with E-state index in [-0.39, 0.29) is 32.8 Å². The molecule has 0 radical (unpaired) electrons. The number of hydrogen-bond acceptors (Lipinski definition) is 7. The maximum absolute atomic E-state index is 12.0. The van der Waals surface area contributed by atoms with Crippen molar-refractivity contribution in [2.45, 2.75) is 18.4 Å². The molecule has 3 aliphatic rings. The van der Waals surface area contributed by atoms with Crippen LogP contribution in [0.25, 0.3) is 5.70 Å². The van der Waals surface area contributed by atoms with Crippen LogP contribution in [0.4, 0.5) is 0 Å². The Morgan fingerprint density at radius 3 is 3.00 bits per heavy atom. The standard InChI is InChI=1S/C11H8N4O6/c16-13(17)7-4-6-9(11-10(7)12-21-15(11)19)5-2-1-3-8(5)20-14(6)18/h1,3-5,8-9H,2H2/t5-,8+,9+/m1/s1. The normalized spacial score (nSPS) is 29.3. The quantitative estimate of drug-likeness (QED) is 0.304. The molecular weight excluding hydrogens is 284 g/mol. The van der Waals surface area contributed by atoms with Crippen LogP contribution in [0.5, 0.6) is 0 Å². The molecule has 0 unspecified atom stereocenters. The molecule has 1 aromatic rings. The summed E-state index contributed by atoms with van der Waals surface area (Å²) in [5, 5.41) is 38.4. The van der Waals surface area contributed by atoms with E-state index >= 15 is 0 Å². The highest BCUT2D eigenvalue weighted by molar-refractivity contribution is 6.03. The molecule has 0 amide bonds. The molecule has 0 aromatic carbocycles. The number of nitrogens with zero attached hydrogens (tertiary/aromatic N) is 4. The Bertz CT molecular complexity index is 748. The van der Waals surface area contributed by atoms with Crippen LogP contribution in [0, 0.1) is 26.4 Å². The van der Waals surface area contributed by atoms with Crippen molar-refractivity contribution < 1.29 is 24.2 Å². The highest BCUT2D eigenvalue weighted by atomic mass is 16.9. The third kappa shape index (κ3) is 1.43. The van der Waals surface area contributed by atoms with E-state index in [2.05, 4.69) is 9.79 Å². The maximum atomic E-state index is 12.0. The number of aromatic nitrogens is 2. The third-order valence-electron chi connectivity index (χ3n) is 4.00. The largest absolute Gasteiger partial charge is 0.395 e. The van der Waals surface area contributed by atoms with Crippen LogP contribution in [0.2, 0.25) is 0 Å². The molecule has 1 aromatic heterocycles. The summed E-state index contributed by atoms with van der Waals surface area (Å²) in [5.41, 5.74) is -0.581. The number of fused-ring (bicyclic) bond motifs is 5. The summed E-state index contributed by atoms with van der Waals surface area (Å²) in [4.78, 5) is 15.9. The van der Waals surface area contributed by atoms with Gasteiger partial charge in [-0.2, -0.15) is 0 Å². The number of nitro groups is 1. The maximum Gasteiger partial charge on any atom is 0.333 e. The van der Waals surface area contributed by atoms with Crippen molar-refractivity contribution in [3.63, 3.8) is 0 Å². The van der Waals surface area contributed by atoms with E-state index in [9.17, 15) is 20.5 Å². The molecule has 108 valence electrons. The molecular formula is C11H8N4O6. The highest BCUT2D eigenvalue weighted by Crippen LogP contribution is 2.43. The summed E-state index contributed by atoms with van der Waals surface area (Å²) in [7, 11) is 0. The lowest BCUT2D eigenvalue weighted by Gasteiger charge is -2.32. The average Bonchev–Trinajstić information content (AvgIpc) is 3.05. The molecule has 0 saturated carbocycles. The second-order valence-corrected chi connectivity index (χ2v) is 5.01. The van der Waals surface area contributed by atoms with Gasteiger partial charge in [0.15, 0.2) is 0 Å². The van der Waals surface area contributed by atoms with Gasteiger partial charge in [0.1, 0.15) is 5.92 Å². The Hall–Kier alpha value is -2.91. The topological polar surface area (TPSA) is 131 Å². The fourth-order valence-electron chi connectivity index (χ4n) is 3.12. The summed E-state index contributed by atoms with van der Waals surface area (Å²) in [6.07, 6.45) is 4.81. The molecule has 4 rings (SSSR count). The summed E-state index contributed by atoms with van der Waals surface area (Å²) < 4.78 is 4.50. The van der Waals surface area contributed by atoms with Gasteiger partial charge in [0.2, 0.25) is 5.69 Å². The van der Waals surface area contributed by atoms with Crippen molar-refractivity contribution >= 4 is 11.4 Å². The molecule has 10 heteroatoms. The summed E-state index contributed by atoms with van der Waals surface area (Å²) in [5.74, 6) is -0.827. The van der Waals surface area contributed by atoms with Gasteiger partial charge in [-0.05, 0) is 11.3 Å². The van der Waals surface area contributed by atoms with Crippen molar-refractivity contribution in [1.82, 2.24) is 5.16 Å². The predicted molar refractivity (Wildman–Crippen MR) is 63.9 cm³/mol. The summed E-state index contributed by atoms with van der Waals surface area (Å²) in [6, 6.07) is 0. The van der Waals surface area contributed by atoms with Crippen molar-refractivity contribution in [3.8, 4) is 0 Å². The Labute approximate surface area is 116 Å². The lowest BCUT2D eigenvalue weighted by atomic mass is 9.78. The van der Waals surface area contributed by atoms with Gasteiger partial charge in [0.25, 0.3) is 5.71 Å². The third-order valence-corrected chi connectivity index (χ3v) is 4.00. The van der Waals surface area contributed by atoms with E-state index in [1.165, 1.54) is 0 Å². The molecule has 0 saturated heterocycles. The predicted octanol–water partition coefficient (Wildman–Crippen LogP) is -0.136. The van der Waals surface area contributed by atoms with Crippen LogP contribution < -0.4 is 4.90 Å². The van der Waals surface area contributed by atoms with Gasteiger partial charge in [-0.15, -0.1) is 0 Å². The van der Waals surface area contributed by atoms with Crippen LogP contribution in [0.15, 0.2) is 22.9 Å². The first-order valence-electron chi connectivity index (χ1n) is 6.21. The van der Waals surface area contributed by atoms with Gasteiger partial charge in [0.05, 0.1) is 22.3 Å². The molecule has 21 heavy (non-hydrogen) atoms. The molecule has 0 N–H and O–H groups in total. The smallest absolute Gasteiger partial charge is 0.333 e. The summed E-state index contributed by atoms with van der Waals surface area (Å²) >= 11 is 0. The fraction of sp³-hybridized carbons (Fsp3) is 0.364. The van der Waals surface area contributed by atoms with Gasteiger partial charge in [-0.3, -0.25) is 20.0 Å². The molecule has 0 spiro atoms. The van der Waals surface area contributed by atoms with Gasteiger partial charge in [0, 0.05) is 10.8 Å². The van der Waals surface area contributed by atoms with Crippen molar-refractivity contribution in [1.29, 1.82) is 0 Å². The van der Waals surface area contributed by atoms with Gasteiger partial charge in [-0.1, -0.05) is 12.2 Å². The molecule has 1 aliphatic heterocycles. The van der Waals surface area contributed by atoms with E-state index in [0.717, 1.165) is 6.08 Å². The Morgan fingerprint density at radius 1 is 1.43 bits per heavy atom. The van der Waals surface area contributed by atoms with E-state index in [1.54, 1.807) is 6.08 Å². The SMILES string of the molecule is O=[N+]([O-])C1=CC2=[N+]([O-])O[C@H]3C=CC[C@H]3[C@@H]2c2c1no[n+]2[O-]. The Morgan fingerprint density at radius 2 is 2.24 bits per heavy atom. The minimum absolute atomic E-state index is 0.0120. The van der Waals surface area contributed by atoms with E-state index < -0.39 is 22.6 Å². The van der Waals surface area contributed by atoms with Crippen LogP contribution in [-0.4, -0.2) is 26.8 Å². The van der Waals surface area contributed by atoms with E-state index in [1.807, 2.05) is 6.08 Å². The molecule has 0 fully saturated rings. The van der Waals surface area contributed by atoms with Crippen LogP contribution >= 0.6 is 0 Å². The van der Waals surface area contributed by atoms with E-state index in [0.29, 0.717) is 6.42 Å². The molecule has 3 atom stereocenters. The lowest BCUT2D eigenvalue weighted by molar-refractivity contribution is -0.810. The van der Waals surface area contributed by atoms with Crippen LogP contribution in [-0.2, 0) is 4.84 Å². The fourth-order valence-corrected chi connectivity index (χ4v) is 3.12. The van der Waals surface area contributed by atoms with Crippen molar-refractivity contribution in [3.05, 3.63) is 50.1 Å². The zero-order valence-corrected chi connectivity index (χ0v) is 10.4. The number of rotatable bonds is 1. The van der Waals surface area contributed by atoms with Gasteiger partial charge in [-0.25, -0.2) is 0 Å². The molecule has 10 nitrogen and oxygen atoms in total. The zero-order chi connectivity index (χ0) is 14.7. The highest BCUT2D eigenvalue weighted by Gasteiger charge is 2.54. The molecule has 2 heterocycles. The van der Waals surface area contributed by atoms with E-state index in [4.69, 9.17) is 4.84 Å². The van der Waals surface area contributed by atoms with Crippen molar-refractivity contribution in [2.24, 2.45) is 5.92 Å². The Balaban J connectivity index is 1.97. The van der Waals surface area contributed by atoms with Crippen LogP contribution in [0.3, 0.4) is 0 Å².